The minimum atomic E-state index is 0.766. The topological polar surface area (TPSA) is 25.2 Å². The van der Waals surface area contributed by atoms with Gasteiger partial charge in [-0.05, 0) is 19.1 Å². The van der Waals surface area contributed by atoms with Crippen LogP contribution < -0.4 is 0 Å². The molecule has 1 aliphatic rings. The van der Waals surface area contributed by atoms with Gasteiger partial charge in [0.15, 0.2) is 0 Å². The Balaban J connectivity index is 2.61. The summed E-state index contributed by atoms with van der Waals surface area (Å²) in [7, 11) is 0. The monoisotopic (exact) mass is 132 g/mol. The van der Waals surface area contributed by atoms with Gasteiger partial charge in [0.25, 0.3) is 0 Å². The highest BCUT2D eigenvalue weighted by Crippen LogP contribution is 2.14. The maximum absolute atomic E-state index is 4.26. The molecule has 0 N–H and O–H groups in total. The van der Waals surface area contributed by atoms with Crippen LogP contribution in [0.1, 0.15) is 18.2 Å². The number of rotatable bonds is 0. The zero-order valence-electron chi connectivity index (χ0n) is 5.83. The second kappa shape index (κ2) is 1.90. The van der Waals surface area contributed by atoms with Gasteiger partial charge in [0, 0.05) is 17.5 Å². The average molecular weight is 132 g/mol. The normalized spacial score (nSPS) is 14.7. The van der Waals surface area contributed by atoms with E-state index in [9.17, 15) is 0 Å². The minimum absolute atomic E-state index is 0.766. The summed E-state index contributed by atoms with van der Waals surface area (Å²) >= 11 is 0. The lowest BCUT2D eigenvalue weighted by atomic mass is 10.1. The number of hydrogen-bond acceptors (Lipinski definition) is 2. The molecule has 0 saturated carbocycles. The van der Waals surface area contributed by atoms with E-state index in [1.807, 2.05) is 19.2 Å². The number of hydrogen-bond donors (Lipinski definition) is 0. The Morgan fingerprint density at radius 3 is 3.20 bits per heavy atom. The van der Waals surface area contributed by atoms with Crippen LogP contribution in [0.3, 0.4) is 0 Å². The van der Waals surface area contributed by atoms with Crippen molar-refractivity contribution in [2.75, 3.05) is 0 Å². The van der Waals surface area contributed by atoms with E-state index in [1.54, 1.807) is 0 Å². The fraction of sp³-hybridized carbons (Fsp3) is 0.250. The van der Waals surface area contributed by atoms with Crippen LogP contribution in [0.5, 0.6) is 0 Å². The first-order valence-corrected chi connectivity index (χ1v) is 3.33. The quantitative estimate of drug-likeness (QED) is 0.524. The Labute approximate surface area is 59.6 Å². The van der Waals surface area contributed by atoms with E-state index in [-0.39, 0.29) is 0 Å². The molecule has 0 amide bonds. The van der Waals surface area contributed by atoms with E-state index in [4.69, 9.17) is 0 Å². The molecule has 0 aliphatic carbocycles. The smallest absolute Gasteiger partial charge is 0.0821 e. The van der Waals surface area contributed by atoms with Crippen molar-refractivity contribution in [1.29, 1.82) is 0 Å². The van der Waals surface area contributed by atoms with Crippen LogP contribution in [0.25, 0.3) is 0 Å². The van der Waals surface area contributed by atoms with Gasteiger partial charge in [0.2, 0.25) is 0 Å². The molecule has 0 radical (unpaired) electrons. The van der Waals surface area contributed by atoms with Crippen LogP contribution in [-0.4, -0.2) is 10.7 Å². The standard InChI is InChI=1S/C8H8N2/c1-6-7-3-2-4-9-8(7)5-10-6/h2-4H,5H2,1H3. The van der Waals surface area contributed by atoms with Crippen LogP contribution in [-0.2, 0) is 6.54 Å². The van der Waals surface area contributed by atoms with Crippen molar-refractivity contribution in [1.82, 2.24) is 4.98 Å². The van der Waals surface area contributed by atoms with Gasteiger partial charge in [0.1, 0.15) is 0 Å². The fourth-order valence-electron chi connectivity index (χ4n) is 1.17. The molecule has 2 rings (SSSR count). The molecule has 0 aromatic carbocycles. The molecular formula is C8H8N2. The van der Waals surface area contributed by atoms with Crippen molar-refractivity contribution in [2.45, 2.75) is 13.5 Å². The first kappa shape index (κ1) is 5.59. The molecular weight excluding hydrogens is 124 g/mol. The Bertz CT molecular complexity index is 289. The van der Waals surface area contributed by atoms with Crippen molar-refractivity contribution in [3.05, 3.63) is 29.6 Å². The second-order valence-electron chi connectivity index (χ2n) is 2.40. The van der Waals surface area contributed by atoms with Gasteiger partial charge in [-0.3, -0.25) is 9.98 Å². The van der Waals surface area contributed by atoms with E-state index in [0.717, 1.165) is 18.0 Å². The third-order valence-corrected chi connectivity index (χ3v) is 1.75. The SMILES string of the molecule is CC1=NCc2ncccc21. The summed E-state index contributed by atoms with van der Waals surface area (Å²) in [6, 6.07) is 4.01. The minimum Gasteiger partial charge on any atom is -0.283 e. The molecule has 1 aliphatic heterocycles. The number of aromatic nitrogens is 1. The largest absolute Gasteiger partial charge is 0.283 e. The van der Waals surface area contributed by atoms with Gasteiger partial charge >= 0.3 is 0 Å². The summed E-state index contributed by atoms with van der Waals surface area (Å²) < 4.78 is 0. The van der Waals surface area contributed by atoms with Crippen LogP contribution in [0.4, 0.5) is 0 Å². The summed E-state index contributed by atoms with van der Waals surface area (Å²) in [5, 5.41) is 0. The lowest BCUT2D eigenvalue weighted by Crippen LogP contribution is -1.92. The van der Waals surface area contributed by atoms with Gasteiger partial charge in [-0.2, -0.15) is 0 Å². The van der Waals surface area contributed by atoms with E-state index in [1.165, 1.54) is 5.56 Å². The van der Waals surface area contributed by atoms with Crippen LogP contribution >= 0.6 is 0 Å². The predicted octanol–water partition coefficient (Wildman–Crippen LogP) is 1.40. The summed E-state index contributed by atoms with van der Waals surface area (Å²) in [4.78, 5) is 8.45. The zero-order chi connectivity index (χ0) is 6.97. The van der Waals surface area contributed by atoms with Gasteiger partial charge in [-0.15, -0.1) is 0 Å². The zero-order valence-corrected chi connectivity index (χ0v) is 5.83. The lowest BCUT2D eigenvalue weighted by molar-refractivity contribution is 1.02. The number of fused-ring (bicyclic) bond motifs is 1. The second-order valence-corrected chi connectivity index (χ2v) is 2.40. The molecule has 1 aromatic heterocycles. The van der Waals surface area contributed by atoms with Crippen molar-refractivity contribution in [3.63, 3.8) is 0 Å². The fourth-order valence-corrected chi connectivity index (χ4v) is 1.17. The first-order chi connectivity index (χ1) is 4.88. The predicted molar refractivity (Wildman–Crippen MR) is 40.2 cm³/mol. The van der Waals surface area contributed by atoms with Crippen molar-refractivity contribution in [3.8, 4) is 0 Å². The summed E-state index contributed by atoms with van der Waals surface area (Å²) in [5.41, 5.74) is 3.44. The highest BCUT2D eigenvalue weighted by atomic mass is 14.8. The molecule has 2 heterocycles. The molecule has 0 fully saturated rings. The van der Waals surface area contributed by atoms with Crippen molar-refractivity contribution < 1.29 is 0 Å². The van der Waals surface area contributed by atoms with E-state index >= 15 is 0 Å². The number of nitrogens with zero attached hydrogens (tertiary/aromatic N) is 2. The van der Waals surface area contributed by atoms with Gasteiger partial charge < -0.3 is 0 Å². The molecule has 2 nitrogen and oxygen atoms in total. The van der Waals surface area contributed by atoms with Crippen LogP contribution in [0, 0.1) is 0 Å². The lowest BCUT2D eigenvalue weighted by Gasteiger charge is -1.93. The Kier molecular flexibility index (Phi) is 1.07. The number of aliphatic imine (C=N–C) groups is 1. The summed E-state index contributed by atoms with van der Waals surface area (Å²) in [6.07, 6.45) is 1.81. The Morgan fingerprint density at radius 2 is 2.40 bits per heavy atom. The van der Waals surface area contributed by atoms with Gasteiger partial charge in [0.05, 0.1) is 12.2 Å². The molecule has 0 bridgehead atoms. The van der Waals surface area contributed by atoms with E-state index in [2.05, 4.69) is 16.0 Å². The molecule has 0 atom stereocenters. The maximum Gasteiger partial charge on any atom is 0.0821 e. The van der Waals surface area contributed by atoms with Gasteiger partial charge in [-0.1, -0.05) is 0 Å². The molecule has 1 aromatic rings. The molecule has 0 saturated heterocycles. The van der Waals surface area contributed by atoms with Crippen molar-refractivity contribution >= 4 is 5.71 Å². The van der Waals surface area contributed by atoms with Crippen LogP contribution in [0.2, 0.25) is 0 Å². The van der Waals surface area contributed by atoms with E-state index in [0.29, 0.717) is 0 Å². The third-order valence-electron chi connectivity index (χ3n) is 1.75. The average Bonchev–Trinajstić information content (AvgIpc) is 2.34. The molecule has 0 spiro atoms. The molecule has 10 heavy (non-hydrogen) atoms. The maximum atomic E-state index is 4.26. The highest BCUT2D eigenvalue weighted by molar-refractivity contribution is 6.01. The first-order valence-electron chi connectivity index (χ1n) is 3.33. The van der Waals surface area contributed by atoms with Crippen LogP contribution in [0.15, 0.2) is 23.3 Å². The summed E-state index contributed by atoms with van der Waals surface area (Å²) in [6.45, 7) is 2.79. The van der Waals surface area contributed by atoms with Crippen molar-refractivity contribution in [2.24, 2.45) is 4.99 Å². The highest BCUT2D eigenvalue weighted by Gasteiger charge is 2.10. The molecule has 2 heteroatoms. The van der Waals surface area contributed by atoms with Gasteiger partial charge in [-0.25, -0.2) is 0 Å². The molecule has 0 unspecified atom stereocenters. The summed E-state index contributed by atoms with van der Waals surface area (Å²) in [5.74, 6) is 0. The third kappa shape index (κ3) is 0.652. The Hall–Kier alpha value is -1.18. The Morgan fingerprint density at radius 1 is 1.50 bits per heavy atom. The molecule has 50 valence electrons. The number of pyridine rings is 1. The van der Waals surface area contributed by atoms with E-state index < -0.39 is 0 Å².